The topological polar surface area (TPSA) is 109 Å². The zero-order valence-electron chi connectivity index (χ0n) is 19.7. The molecule has 0 unspecified atom stereocenters. The van der Waals surface area contributed by atoms with Gasteiger partial charge in [0.1, 0.15) is 23.7 Å². The zero-order chi connectivity index (χ0) is 23.8. The fourth-order valence-electron chi connectivity index (χ4n) is 4.51. The normalized spacial score (nSPS) is 16.2. The van der Waals surface area contributed by atoms with E-state index in [1.807, 2.05) is 6.20 Å². The third-order valence-corrected chi connectivity index (χ3v) is 6.47. The van der Waals surface area contributed by atoms with E-state index in [9.17, 15) is 0 Å². The number of pyridine rings is 1. The highest BCUT2D eigenvalue weighted by Gasteiger charge is 2.21. The molecule has 1 fully saturated rings. The van der Waals surface area contributed by atoms with E-state index in [1.165, 1.54) is 16.7 Å². The summed E-state index contributed by atoms with van der Waals surface area (Å²) < 4.78 is 1.77. The number of anilines is 3. The van der Waals surface area contributed by atoms with Gasteiger partial charge in [-0.05, 0) is 61.2 Å². The number of nitrogens with zero attached hydrogens (tertiary/aromatic N) is 8. The predicted octanol–water partition coefficient (Wildman–Crippen LogP) is 2.90. The van der Waals surface area contributed by atoms with Crippen molar-refractivity contribution in [1.29, 1.82) is 0 Å². The molecule has 6 rings (SSSR count). The average molecular weight is 467 g/mol. The minimum Gasteiger partial charge on any atom is -0.338 e. The number of piperazine rings is 1. The molecule has 0 aliphatic carbocycles. The minimum atomic E-state index is 0.322. The Morgan fingerprint density at radius 2 is 2.03 bits per heavy atom. The Kier molecular flexibility index (Phi) is 5.42. The average Bonchev–Trinajstić information content (AvgIpc) is 3.34. The molecule has 176 valence electrons. The summed E-state index contributed by atoms with van der Waals surface area (Å²) in [6.07, 6.45) is 7.66. The molecule has 5 aromatic rings. The molecule has 1 atom stereocenters. The Labute approximate surface area is 202 Å². The van der Waals surface area contributed by atoms with Crippen molar-refractivity contribution >= 4 is 34.1 Å². The molecule has 5 heterocycles. The predicted molar refractivity (Wildman–Crippen MR) is 135 cm³/mol. The van der Waals surface area contributed by atoms with Crippen LogP contribution < -0.4 is 15.5 Å². The van der Waals surface area contributed by atoms with Gasteiger partial charge >= 0.3 is 0 Å². The Bertz CT molecular complexity index is 1510. The quantitative estimate of drug-likeness (QED) is 0.404. The number of nitrogens with one attached hydrogen (secondary N) is 2. The van der Waals surface area contributed by atoms with Crippen LogP contribution in [-0.2, 0) is 6.42 Å². The molecule has 1 aliphatic rings. The van der Waals surface area contributed by atoms with Crippen LogP contribution in [0.3, 0.4) is 0 Å². The van der Waals surface area contributed by atoms with Crippen molar-refractivity contribution in [3.8, 4) is 0 Å². The van der Waals surface area contributed by atoms with Gasteiger partial charge in [0.2, 0.25) is 5.95 Å². The van der Waals surface area contributed by atoms with E-state index in [4.69, 9.17) is 4.98 Å². The van der Waals surface area contributed by atoms with Crippen molar-refractivity contribution in [2.24, 2.45) is 0 Å². The molecule has 2 N–H and O–H groups in total. The summed E-state index contributed by atoms with van der Waals surface area (Å²) in [6, 6.07) is 10.8. The molecule has 0 amide bonds. The van der Waals surface area contributed by atoms with Gasteiger partial charge in [0, 0.05) is 37.6 Å². The molecule has 10 heteroatoms. The lowest BCUT2D eigenvalue weighted by Crippen LogP contribution is -2.50. The van der Waals surface area contributed by atoms with Gasteiger partial charge in [-0.25, -0.2) is 29.4 Å². The smallest absolute Gasteiger partial charge is 0.226 e. The van der Waals surface area contributed by atoms with Gasteiger partial charge in [0.05, 0.1) is 6.20 Å². The third kappa shape index (κ3) is 4.24. The Morgan fingerprint density at radius 3 is 2.91 bits per heavy atom. The lowest BCUT2D eigenvalue weighted by molar-refractivity contribution is 0.493. The summed E-state index contributed by atoms with van der Waals surface area (Å²) in [5.74, 6) is 1.38. The molecular weight excluding hydrogens is 440 g/mol. The van der Waals surface area contributed by atoms with Crippen molar-refractivity contribution in [1.82, 2.24) is 39.9 Å². The van der Waals surface area contributed by atoms with Crippen LogP contribution in [0, 0.1) is 6.92 Å². The monoisotopic (exact) mass is 466 g/mol. The number of hydrogen-bond donors (Lipinski definition) is 2. The molecule has 1 saturated heterocycles. The van der Waals surface area contributed by atoms with Crippen molar-refractivity contribution < 1.29 is 0 Å². The Morgan fingerprint density at radius 1 is 1.09 bits per heavy atom. The highest BCUT2D eigenvalue weighted by molar-refractivity contribution is 5.87. The van der Waals surface area contributed by atoms with Crippen molar-refractivity contribution in [2.45, 2.75) is 26.3 Å². The van der Waals surface area contributed by atoms with Gasteiger partial charge in [-0.1, -0.05) is 6.07 Å². The van der Waals surface area contributed by atoms with Gasteiger partial charge in [-0.2, -0.15) is 5.10 Å². The largest absolute Gasteiger partial charge is 0.338 e. The zero-order valence-corrected chi connectivity index (χ0v) is 19.7. The lowest BCUT2D eigenvalue weighted by atomic mass is 10.0. The summed E-state index contributed by atoms with van der Waals surface area (Å²) in [5.41, 5.74) is 6.88. The van der Waals surface area contributed by atoms with Crippen LogP contribution in [0.1, 0.15) is 23.6 Å². The van der Waals surface area contributed by atoms with E-state index in [0.717, 1.165) is 37.4 Å². The van der Waals surface area contributed by atoms with E-state index in [1.54, 1.807) is 23.4 Å². The third-order valence-electron chi connectivity index (χ3n) is 6.47. The maximum absolute atomic E-state index is 4.85. The fraction of sp³-hybridized carbons (Fsp3) is 0.280. The number of aryl methyl sites for hydroxylation is 1. The molecule has 0 radical (unpaired) electrons. The van der Waals surface area contributed by atoms with Gasteiger partial charge < -0.3 is 15.5 Å². The molecule has 0 spiro atoms. The van der Waals surface area contributed by atoms with Crippen LogP contribution in [0.25, 0.3) is 16.7 Å². The first-order valence-corrected chi connectivity index (χ1v) is 11.7. The van der Waals surface area contributed by atoms with E-state index < -0.39 is 0 Å². The molecule has 1 aromatic carbocycles. The molecule has 10 nitrogen and oxygen atoms in total. The van der Waals surface area contributed by atoms with Crippen LogP contribution in [0.5, 0.6) is 0 Å². The number of rotatable bonds is 5. The van der Waals surface area contributed by atoms with E-state index in [2.05, 4.69) is 84.7 Å². The second kappa shape index (κ2) is 8.88. The molecular formula is C25H26N10. The first-order chi connectivity index (χ1) is 17.1. The van der Waals surface area contributed by atoms with Gasteiger partial charge in [0.25, 0.3) is 0 Å². The van der Waals surface area contributed by atoms with Crippen LogP contribution in [-0.4, -0.2) is 60.2 Å². The molecule has 0 bridgehead atoms. The number of aromatic nitrogens is 7. The number of fused-ring (bicyclic) bond motifs is 2. The number of benzene rings is 1. The molecule has 35 heavy (non-hydrogen) atoms. The highest BCUT2D eigenvalue weighted by Crippen LogP contribution is 2.26. The highest BCUT2D eigenvalue weighted by atomic mass is 15.3. The summed E-state index contributed by atoms with van der Waals surface area (Å²) in [7, 11) is 0. The van der Waals surface area contributed by atoms with Crippen molar-refractivity contribution in [3.63, 3.8) is 0 Å². The summed E-state index contributed by atoms with van der Waals surface area (Å²) in [5, 5.41) is 11.0. The Hall–Kier alpha value is -4.18. The first kappa shape index (κ1) is 21.4. The first-order valence-electron chi connectivity index (χ1n) is 11.7. The van der Waals surface area contributed by atoms with Crippen LogP contribution in [0.15, 0.2) is 55.4 Å². The maximum Gasteiger partial charge on any atom is 0.226 e. The van der Waals surface area contributed by atoms with Gasteiger partial charge in [-0.3, -0.25) is 0 Å². The van der Waals surface area contributed by atoms with Crippen molar-refractivity contribution in [3.05, 3.63) is 72.1 Å². The molecule has 4 aromatic heterocycles. The lowest BCUT2D eigenvalue weighted by Gasteiger charge is -2.33. The van der Waals surface area contributed by atoms with Crippen molar-refractivity contribution in [2.75, 3.05) is 29.9 Å². The summed E-state index contributed by atoms with van der Waals surface area (Å²) in [6.45, 7) is 7.00. The standard InChI is InChI=1S/C25H26N10/c1-16-9-20(4-3-19(16)10-18-5-7-35-22(11-18)29-15-31-35)32-24-23-21(28-14-30-24)13-27-25(33-23)34-8-6-26-12-17(34)2/h3-5,7,9,11,13-15,17,26H,6,8,10,12H2,1-2H3,(H,28,30,32)/t17-/m0/s1. The SMILES string of the molecule is Cc1cc(Nc2ncnc3cnc(N4CCNC[C@@H]4C)nc23)ccc1Cc1ccn2ncnc2c1. The van der Waals surface area contributed by atoms with Gasteiger partial charge in [-0.15, -0.1) is 0 Å². The fourth-order valence-corrected chi connectivity index (χ4v) is 4.51. The van der Waals surface area contributed by atoms with Crippen LogP contribution >= 0.6 is 0 Å². The van der Waals surface area contributed by atoms with E-state index >= 15 is 0 Å². The van der Waals surface area contributed by atoms with Gasteiger partial charge in [0.15, 0.2) is 11.5 Å². The summed E-state index contributed by atoms with van der Waals surface area (Å²) in [4.78, 5) is 24.8. The van der Waals surface area contributed by atoms with E-state index in [-0.39, 0.29) is 0 Å². The van der Waals surface area contributed by atoms with Crippen LogP contribution in [0.4, 0.5) is 17.5 Å². The van der Waals surface area contributed by atoms with Crippen LogP contribution in [0.2, 0.25) is 0 Å². The molecule has 0 saturated carbocycles. The molecule has 1 aliphatic heterocycles. The minimum absolute atomic E-state index is 0.322. The maximum atomic E-state index is 4.85. The summed E-state index contributed by atoms with van der Waals surface area (Å²) >= 11 is 0. The van der Waals surface area contributed by atoms with E-state index in [0.29, 0.717) is 28.8 Å². The number of hydrogen-bond acceptors (Lipinski definition) is 9. The Balaban J connectivity index is 1.26. The second-order valence-corrected chi connectivity index (χ2v) is 8.91. The second-order valence-electron chi connectivity index (χ2n) is 8.91.